The van der Waals surface area contributed by atoms with Crippen molar-refractivity contribution in [1.29, 1.82) is 0 Å². The average molecular weight is 544 g/mol. The first-order chi connectivity index (χ1) is 16.1. The van der Waals surface area contributed by atoms with Gasteiger partial charge in [-0.2, -0.15) is 0 Å². The fourth-order valence-corrected chi connectivity index (χ4v) is 5.41. The van der Waals surface area contributed by atoms with Gasteiger partial charge >= 0.3 is 0 Å². The fraction of sp³-hybridized carbons (Fsp3) is 0.174. The molecule has 0 unspecified atom stereocenters. The van der Waals surface area contributed by atoms with Crippen LogP contribution in [0.25, 0.3) is 0 Å². The lowest BCUT2D eigenvalue weighted by Crippen LogP contribution is -2.38. The molecule has 0 aliphatic carbocycles. The van der Waals surface area contributed by atoms with Crippen LogP contribution in [0.1, 0.15) is 5.56 Å². The lowest BCUT2D eigenvalue weighted by molar-refractivity contribution is -0.114. The molecule has 3 aromatic carbocycles. The minimum atomic E-state index is -4.27. The van der Waals surface area contributed by atoms with Crippen molar-refractivity contribution in [2.24, 2.45) is 0 Å². The highest BCUT2D eigenvalue weighted by molar-refractivity contribution is 7.93. The number of ether oxygens (including phenoxy) is 2. The minimum Gasteiger partial charge on any atom is -0.495 e. The first-order valence-corrected chi connectivity index (χ1v) is 12.4. The molecular weight excluding hydrogens is 523 g/mol. The molecular formula is C23H21Cl3N2O5S. The van der Waals surface area contributed by atoms with Gasteiger partial charge in [-0.25, -0.2) is 8.42 Å². The van der Waals surface area contributed by atoms with E-state index in [9.17, 15) is 13.2 Å². The predicted molar refractivity (Wildman–Crippen MR) is 135 cm³/mol. The summed E-state index contributed by atoms with van der Waals surface area (Å²) in [7, 11) is -1.47. The molecule has 1 amide bonds. The molecule has 0 heterocycles. The van der Waals surface area contributed by atoms with Crippen LogP contribution >= 0.6 is 34.8 Å². The summed E-state index contributed by atoms with van der Waals surface area (Å²) in [6.45, 7) is 1.17. The number of aryl methyl sites for hydroxylation is 1. The zero-order chi connectivity index (χ0) is 25.0. The van der Waals surface area contributed by atoms with Gasteiger partial charge in [0, 0.05) is 0 Å². The smallest absolute Gasteiger partial charge is 0.268 e. The van der Waals surface area contributed by atoms with Gasteiger partial charge in [0.05, 0.1) is 40.7 Å². The second-order valence-corrected chi connectivity index (χ2v) is 10.2. The molecule has 3 aromatic rings. The van der Waals surface area contributed by atoms with Crippen molar-refractivity contribution in [3.05, 3.63) is 75.2 Å². The number of hydrogen-bond acceptors (Lipinski definition) is 5. The zero-order valence-electron chi connectivity index (χ0n) is 18.4. The Morgan fingerprint density at radius 3 is 2.26 bits per heavy atom. The Morgan fingerprint density at radius 2 is 1.62 bits per heavy atom. The van der Waals surface area contributed by atoms with E-state index < -0.39 is 22.5 Å². The van der Waals surface area contributed by atoms with Gasteiger partial charge in [-0.1, -0.05) is 46.9 Å². The molecule has 0 aromatic heterocycles. The third-order valence-corrected chi connectivity index (χ3v) is 7.73. The first-order valence-electron chi connectivity index (χ1n) is 9.83. The maximum absolute atomic E-state index is 13.8. The Morgan fingerprint density at radius 1 is 0.941 bits per heavy atom. The molecule has 7 nitrogen and oxygen atoms in total. The molecule has 0 saturated heterocycles. The summed E-state index contributed by atoms with van der Waals surface area (Å²) >= 11 is 18.4. The standard InChI is InChI=1S/C23H21Cl3N2O5S/c1-14-7-9-20(33-3)21(11-14)34(30,31)28(15-8-10-19(32-2)17(25)12-15)13-22(29)27-18-6-4-5-16(24)23(18)26/h4-12H,13H2,1-3H3,(H,27,29). The summed E-state index contributed by atoms with van der Waals surface area (Å²) in [6, 6.07) is 13.9. The zero-order valence-corrected chi connectivity index (χ0v) is 21.5. The van der Waals surface area contributed by atoms with Gasteiger partial charge in [0.25, 0.3) is 10.0 Å². The number of carbonyl (C=O) groups excluding carboxylic acids is 1. The number of methoxy groups -OCH3 is 2. The monoisotopic (exact) mass is 542 g/mol. The van der Waals surface area contributed by atoms with Gasteiger partial charge in [-0.05, 0) is 55.0 Å². The molecule has 0 aliphatic rings. The summed E-state index contributed by atoms with van der Waals surface area (Å²) in [5.41, 5.74) is 1.10. The molecule has 11 heteroatoms. The van der Waals surface area contributed by atoms with Crippen LogP contribution in [0, 0.1) is 6.92 Å². The van der Waals surface area contributed by atoms with Crippen LogP contribution in [-0.4, -0.2) is 35.1 Å². The molecule has 0 aliphatic heterocycles. The lowest BCUT2D eigenvalue weighted by atomic mass is 10.2. The SMILES string of the molecule is COc1ccc(N(CC(=O)Nc2cccc(Cl)c2Cl)S(=O)(=O)c2cc(C)ccc2OC)cc1Cl. The minimum absolute atomic E-state index is 0.101. The van der Waals surface area contributed by atoms with E-state index in [1.165, 1.54) is 38.5 Å². The van der Waals surface area contributed by atoms with E-state index in [-0.39, 0.29) is 37.1 Å². The second-order valence-electron chi connectivity index (χ2n) is 7.13. The Balaban J connectivity index is 2.07. The summed E-state index contributed by atoms with van der Waals surface area (Å²) in [6.07, 6.45) is 0. The molecule has 0 radical (unpaired) electrons. The van der Waals surface area contributed by atoms with Crippen LogP contribution in [0.15, 0.2) is 59.5 Å². The molecule has 0 fully saturated rings. The van der Waals surface area contributed by atoms with Crippen molar-refractivity contribution < 1.29 is 22.7 Å². The number of nitrogens with one attached hydrogen (secondary N) is 1. The van der Waals surface area contributed by atoms with Crippen LogP contribution in [0.5, 0.6) is 11.5 Å². The number of nitrogens with zero attached hydrogens (tertiary/aromatic N) is 1. The van der Waals surface area contributed by atoms with E-state index >= 15 is 0 Å². The molecule has 0 atom stereocenters. The fourth-order valence-electron chi connectivity index (χ4n) is 3.15. The Labute approximate surface area is 213 Å². The summed E-state index contributed by atoms with van der Waals surface area (Å²) in [4.78, 5) is 12.9. The average Bonchev–Trinajstić information content (AvgIpc) is 2.80. The molecule has 0 saturated carbocycles. The van der Waals surface area contributed by atoms with Crippen molar-refractivity contribution in [3.8, 4) is 11.5 Å². The quantitative estimate of drug-likeness (QED) is 0.388. The number of halogens is 3. The number of carbonyl (C=O) groups is 1. The molecule has 34 heavy (non-hydrogen) atoms. The maximum atomic E-state index is 13.8. The summed E-state index contributed by atoms with van der Waals surface area (Å²) < 4.78 is 38.9. The van der Waals surface area contributed by atoms with Crippen molar-refractivity contribution in [2.75, 3.05) is 30.4 Å². The van der Waals surface area contributed by atoms with E-state index in [1.807, 2.05) is 0 Å². The van der Waals surface area contributed by atoms with E-state index in [0.717, 1.165) is 4.31 Å². The van der Waals surface area contributed by atoms with Crippen LogP contribution in [0.2, 0.25) is 15.1 Å². The normalized spacial score (nSPS) is 11.1. The summed E-state index contributed by atoms with van der Waals surface area (Å²) in [5, 5.41) is 3.16. The van der Waals surface area contributed by atoms with Crippen LogP contribution < -0.4 is 19.1 Å². The third-order valence-electron chi connectivity index (χ3n) is 4.82. The van der Waals surface area contributed by atoms with Gasteiger partial charge in [-0.3, -0.25) is 9.10 Å². The topological polar surface area (TPSA) is 84.9 Å². The van der Waals surface area contributed by atoms with Crippen LogP contribution in [0.4, 0.5) is 11.4 Å². The van der Waals surface area contributed by atoms with E-state index in [4.69, 9.17) is 44.3 Å². The number of hydrogen-bond donors (Lipinski definition) is 1. The van der Waals surface area contributed by atoms with Gasteiger partial charge in [0.2, 0.25) is 5.91 Å². The van der Waals surface area contributed by atoms with Crippen molar-refractivity contribution in [3.63, 3.8) is 0 Å². The number of benzene rings is 3. The molecule has 0 spiro atoms. The van der Waals surface area contributed by atoms with Crippen LogP contribution in [-0.2, 0) is 14.8 Å². The number of anilines is 2. The summed E-state index contributed by atoms with van der Waals surface area (Å²) in [5.74, 6) is -0.161. The lowest BCUT2D eigenvalue weighted by Gasteiger charge is -2.25. The molecule has 1 N–H and O–H groups in total. The van der Waals surface area contributed by atoms with E-state index in [2.05, 4.69) is 5.32 Å². The van der Waals surface area contributed by atoms with Gasteiger partial charge < -0.3 is 14.8 Å². The van der Waals surface area contributed by atoms with E-state index in [0.29, 0.717) is 11.3 Å². The Hall–Kier alpha value is -2.65. The highest BCUT2D eigenvalue weighted by Crippen LogP contribution is 2.35. The highest BCUT2D eigenvalue weighted by atomic mass is 35.5. The molecule has 180 valence electrons. The van der Waals surface area contributed by atoms with Crippen molar-refractivity contribution in [2.45, 2.75) is 11.8 Å². The van der Waals surface area contributed by atoms with Crippen molar-refractivity contribution in [1.82, 2.24) is 0 Å². The second kappa shape index (κ2) is 10.7. The maximum Gasteiger partial charge on any atom is 0.268 e. The predicted octanol–water partition coefficient (Wildman–Crippen LogP) is 5.81. The number of rotatable bonds is 8. The van der Waals surface area contributed by atoms with Crippen LogP contribution in [0.3, 0.4) is 0 Å². The Kier molecular flexibility index (Phi) is 8.20. The molecule has 0 bridgehead atoms. The highest BCUT2D eigenvalue weighted by Gasteiger charge is 2.31. The van der Waals surface area contributed by atoms with Gasteiger partial charge in [-0.15, -0.1) is 0 Å². The Bertz CT molecular complexity index is 1330. The van der Waals surface area contributed by atoms with Gasteiger partial charge in [0.1, 0.15) is 22.9 Å². The third kappa shape index (κ3) is 5.52. The van der Waals surface area contributed by atoms with E-state index in [1.54, 1.807) is 37.3 Å². The van der Waals surface area contributed by atoms with Crippen molar-refractivity contribution >= 4 is 62.1 Å². The van der Waals surface area contributed by atoms with Gasteiger partial charge in [0.15, 0.2) is 0 Å². The molecule has 3 rings (SSSR count). The largest absolute Gasteiger partial charge is 0.495 e. The number of amides is 1. The first kappa shape index (κ1) is 26.0. The number of sulfonamides is 1.